The standard InChI is InChI=1S/C22H27F3NO6P/c23-22(24,25)21(27)26-11-12-29-13-14-30-15-16-31-32-33(28,17-19-7-3-1-4-8-19)18-20-9-5-2-6-10-20/h1-10H,11-18H2,(H,26,27). The lowest BCUT2D eigenvalue weighted by Crippen LogP contribution is -2.38. The van der Waals surface area contributed by atoms with Crippen molar-refractivity contribution in [1.82, 2.24) is 5.32 Å². The molecule has 0 spiro atoms. The largest absolute Gasteiger partial charge is 0.471 e. The Morgan fingerprint density at radius 2 is 1.27 bits per heavy atom. The van der Waals surface area contributed by atoms with E-state index < -0.39 is 19.5 Å². The summed E-state index contributed by atoms with van der Waals surface area (Å²) in [5.41, 5.74) is 1.75. The molecule has 7 nitrogen and oxygen atoms in total. The van der Waals surface area contributed by atoms with Crippen molar-refractivity contribution in [1.29, 1.82) is 0 Å². The lowest BCUT2D eigenvalue weighted by Gasteiger charge is -2.18. The number of nitrogens with one attached hydrogen (secondary N) is 1. The molecule has 0 radical (unpaired) electrons. The predicted octanol–water partition coefficient (Wildman–Crippen LogP) is 4.32. The van der Waals surface area contributed by atoms with E-state index in [1.807, 2.05) is 60.7 Å². The zero-order valence-electron chi connectivity index (χ0n) is 18.0. The van der Waals surface area contributed by atoms with Gasteiger partial charge in [0, 0.05) is 6.54 Å². The predicted molar refractivity (Wildman–Crippen MR) is 116 cm³/mol. The molecule has 11 heteroatoms. The maximum absolute atomic E-state index is 13.4. The topological polar surface area (TPSA) is 83.1 Å². The van der Waals surface area contributed by atoms with E-state index in [4.69, 9.17) is 19.0 Å². The molecule has 33 heavy (non-hydrogen) atoms. The van der Waals surface area contributed by atoms with E-state index in [0.717, 1.165) is 11.1 Å². The summed E-state index contributed by atoms with van der Waals surface area (Å²) in [6, 6.07) is 18.7. The number of alkyl halides is 3. The summed E-state index contributed by atoms with van der Waals surface area (Å²) in [6.07, 6.45) is -4.46. The molecular formula is C22H27F3NO6P. The van der Waals surface area contributed by atoms with Gasteiger partial charge in [0.25, 0.3) is 0 Å². The van der Waals surface area contributed by atoms with Crippen LogP contribution in [0, 0.1) is 0 Å². The third-order valence-corrected chi connectivity index (χ3v) is 6.26. The second-order valence-electron chi connectivity index (χ2n) is 6.98. The number of benzene rings is 2. The first kappa shape index (κ1) is 27.0. The van der Waals surface area contributed by atoms with Crippen LogP contribution in [0.3, 0.4) is 0 Å². The van der Waals surface area contributed by atoms with Crippen LogP contribution in [0.4, 0.5) is 13.2 Å². The Kier molecular flexibility index (Phi) is 11.6. The molecule has 0 aliphatic carbocycles. The van der Waals surface area contributed by atoms with E-state index in [2.05, 4.69) is 0 Å². The number of carbonyl (C=O) groups is 1. The minimum atomic E-state index is -4.91. The van der Waals surface area contributed by atoms with Gasteiger partial charge < -0.3 is 14.8 Å². The Balaban J connectivity index is 1.63. The quantitative estimate of drug-likeness (QED) is 0.174. The summed E-state index contributed by atoms with van der Waals surface area (Å²) < 4.78 is 65.1. The molecule has 0 heterocycles. The molecule has 2 aromatic rings. The van der Waals surface area contributed by atoms with Crippen molar-refractivity contribution in [2.75, 3.05) is 39.6 Å². The molecule has 0 fully saturated rings. The molecule has 0 aliphatic heterocycles. The van der Waals surface area contributed by atoms with Crippen molar-refractivity contribution in [3.05, 3.63) is 71.8 Å². The van der Waals surface area contributed by atoms with Gasteiger partial charge in [-0.1, -0.05) is 60.7 Å². The van der Waals surface area contributed by atoms with Crippen LogP contribution < -0.4 is 5.32 Å². The van der Waals surface area contributed by atoms with Gasteiger partial charge in [0.1, 0.15) is 6.61 Å². The normalized spacial score (nSPS) is 12.0. The first-order valence-electron chi connectivity index (χ1n) is 10.3. The van der Waals surface area contributed by atoms with Gasteiger partial charge in [0.05, 0.1) is 38.8 Å². The van der Waals surface area contributed by atoms with E-state index in [0.29, 0.717) is 0 Å². The lowest BCUT2D eigenvalue weighted by molar-refractivity contribution is -0.215. The van der Waals surface area contributed by atoms with Crippen LogP contribution in [0.25, 0.3) is 0 Å². The van der Waals surface area contributed by atoms with Crippen LogP contribution in [-0.2, 0) is 40.7 Å². The summed E-state index contributed by atoms with van der Waals surface area (Å²) >= 11 is 0. The summed E-state index contributed by atoms with van der Waals surface area (Å²) in [5, 5.41) is 1.70. The van der Waals surface area contributed by atoms with Crippen LogP contribution in [0.1, 0.15) is 11.1 Å². The van der Waals surface area contributed by atoms with Gasteiger partial charge >= 0.3 is 12.1 Å². The van der Waals surface area contributed by atoms with Crippen molar-refractivity contribution in [2.45, 2.75) is 18.5 Å². The number of hydrogen-bond acceptors (Lipinski definition) is 6. The van der Waals surface area contributed by atoms with E-state index in [1.165, 1.54) is 0 Å². The van der Waals surface area contributed by atoms with Crippen molar-refractivity contribution >= 4 is 13.3 Å². The molecule has 0 saturated carbocycles. The molecule has 0 aliphatic rings. The minimum Gasteiger partial charge on any atom is -0.377 e. The smallest absolute Gasteiger partial charge is 0.377 e. The van der Waals surface area contributed by atoms with Crippen LogP contribution in [0.5, 0.6) is 0 Å². The number of ether oxygens (including phenoxy) is 2. The molecular weight excluding hydrogens is 462 g/mol. The second-order valence-corrected chi connectivity index (χ2v) is 9.39. The Labute approximate surface area is 190 Å². The number of rotatable bonds is 15. The fourth-order valence-electron chi connectivity index (χ4n) is 2.72. The Bertz CT molecular complexity index is 822. The molecule has 1 N–H and O–H groups in total. The van der Waals surface area contributed by atoms with Crippen LogP contribution in [-0.4, -0.2) is 51.7 Å². The molecule has 0 bridgehead atoms. The highest BCUT2D eigenvalue weighted by atomic mass is 31.2. The van der Waals surface area contributed by atoms with Gasteiger partial charge in [0.15, 0.2) is 0 Å². The average molecular weight is 489 g/mol. The van der Waals surface area contributed by atoms with Gasteiger partial charge in [-0.05, 0) is 11.1 Å². The van der Waals surface area contributed by atoms with Gasteiger partial charge in [0.2, 0.25) is 7.37 Å². The molecule has 0 saturated heterocycles. The fourth-order valence-corrected chi connectivity index (χ4v) is 4.74. The monoisotopic (exact) mass is 489 g/mol. The Morgan fingerprint density at radius 1 is 0.788 bits per heavy atom. The summed E-state index contributed by atoms with van der Waals surface area (Å²) in [5.74, 6) is -2.00. The molecule has 182 valence electrons. The van der Waals surface area contributed by atoms with Crippen molar-refractivity contribution in [3.63, 3.8) is 0 Å². The molecule has 0 aromatic heterocycles. The molecule has 2 rings (SSSR count). The average Bonchev–Trinajstić information content (AvgIpc) is 2.78. The third kappa shape index (κ3) is 11.5. The fraction of sp³-hybridized carbons (Fsp3) is 0.409. The lowest BCUT2D eigenvalue weighted by atomic mass is 10.2. The molecule has 0 unspecified atom stereocenters. The Hall–Kier alpha value is -2.23. The van der Waals surface area contributed by atoms with Crippen LogP contribution >= 0.6 is 7.37 Å². The molecule has 2 aromatic carbocycles. The van der Waals surface area contributed by atoms with Crippen molar-refractivity contribution in [2.24, 2.45) is 0 Å². The second kappa shape index (κ2) is 14.1. The SMILES string of the molecule is O=C(NCCOCCOCCOOP(=O)(Cc1ccccc1)Cc1ccccc1)C(F)(F)F. The van der Waals surface area contributed by atoms with Gasteiger partial charge in [-0.2, -0.15) is 17.8 Å². The van der Waals surface area contributed by atoms with E-state index in [9.17, 15) is 22.5 Å². The van der Waals surface area contributed by atoms with Crippen LogP contribution in [0.2, 0.25) is 0 Å². The Morgan fingerprint density at radius 3 is 1.79 bits per heavy atom. The van der Waals surface area contributed by atoms with Gasteiger partial charge in [-0.25, -0.2) is 4.89 Å². The number of halogens is 3. The highest BCUT2D eigenvalue weighted by Crippen LogP contribution is 2.53. The third-order valence-electron chi connectivity index (χ3n) is 4.19. The number of amides is 1. The zero-order chi connectivity index (χ0) is 24.0. The highest BCUT2D eigenvalue weighted by molar-refractivity contribution is 7.57. The van der Waals surface area contributed by atoms with E-state index in [1.54, 1.807) is 5.32 Å². The molecule has 0 atom stereocenters. The summed E-state index contributed by atoms with van der Waals surface area (Å²) in [6.45, 7) is 0.145. The molecule has 1 amide bonds. The highest BCUT2D eigenvalue weighted by Gasteiger charge is 2.38. The zero-order valence-corrected chi connectivity index (χ0v) is 18.9. The van der Waals surface area contributed by atoms with Gasteiger partial charge in [-0.15, -0.1) is 0 Å². The minimum absolute atomic E-state index is 0.0369. The maximum atomic E-state index is 13.4. The summed E-state index contributed by atoms with van der Waals surface area (Å²) in [4.78, 5) is 15.8. The van der Waals surface area contributed by atoms with Gasteiger partial charge in [-0.3, -0.25) is 9.36 Å². The van der Waals surface area contributed by atoms with Crippen LogP contribution in [0.15, 0.2) is 60.7 Å². The van der Waals surface area contributed by atoms with E-state index >= 15 is 0 Å². The summed E-state index contributed by atoms with van der Waals surface area (Å²) in [7, 11) is -3.17. The first-order chi connectivity index (χ1) is 15.8. The number of hydrogen-bond donors (Lipinski definition) is 1. The number of carbonyl (C=O) groups excluding carboxylic acids is 1. The van der Waals surface area contributed by atoms with Crippen molar-refractivity contribution < 1.29 is 41.6 Å². The van der Waals surface area contributed by atoms with Crippen molar-refractivity contribution in [3.8, 4) is 0 Å². The first-order valence-corrected chi connectivity index (χ1v) is 12.3. The maximum Gasteiger partial charge on any atom is 0.471 e. The van der Waals surface area contributed by atoms with E-state index in [-0.39, 0.29) is 51.9 Å².